The van der Waals surface area contributed by atoms with Gasteiger partial charge in [-0.15, -0.1) is 0 Å². The minimum atomic E-state index is 0.118. The molecule has 3 rings (SSSR count). The van der Waals surface area contributed by atoms with Gasteiger partial charge in [-0.05, 0) is 73.6 Å². The SMILES string of the molecule is C=CCOc1c(C)cc(C(c2ccc(C)cc2)c2cc(C)c(OCC=C)c(C)c2)cc1C. The predicted molar refractivity (Wildman–Crippen MR) is 135 cm³/mol. The Hall–Kier alpha value is -3.26. The standard InChI is InChI=1S/C30H34O2/c1-8-14-31-29-21(4)16-26(17-22(29)5)28(25-12-10-20(3)11-13-25)27-18-23(6)30(24(7)19-27)32-15-9-2/h8-13,16-19,28H,1-2,14-15H2,3-7H3. The number of rotatable bonds is 9. The van der Waals surface area contributed by atoms with Crippen molar-refractivity contribution in [1.82, 2.24) is 0 Å². The lowest BCUT2D eigenvalue weighted by Gasteiger charge is -2.23. The van der Waals surface area contributed by atoms with Crippen LogP contribution < -0.4 is 9.47 Å². The van der Waals surface area contributed by atoms with E-state index < -0.39 is 0 Å². The summed E-state index contributed by atoms with van der Waals surface area (Å²) in [7, 11) is 0. The van der Waals surface area contributed by atoms with Crippen molar-refractivity contribution < 1.29 is 9.47 Å². The van der Waals surface area contributed by atoms with E-state index in [0.29, 0.717) is 13.2 Å². The maximum Gasteiger partial charge on any atom is 0.125 e. The molecule has 3 aromatic rings. The Kier molecular flexibility index (Phi) is 7.58. The van der Waals surface area contributed by atoms with Crippen molar-refractivity contribution in [1.29, 1.82) is 0 Å². The highest BCUT2D eigenvalue weighted by Gasteiger charge is 2.21. The Morgan fingerprint density at radius 3 is 1.34 bits per heavy atom. The van der Waals surface area contributed by atoms with Crippen LogP contribution in [-0.4, -0.2) is 13.2 Å². The molecule has 0 saturated heterocycles. The van der Waals surface area contributed by atoms with Gasteiger partial charge in [0.15, 0.2) is 0 Å². The van der Waals surface area contributed by atoms with Gasteiger partial charge < -0.3 is 9.47 Å². The van der Waals surface area contributed by atoms with Crippen LogP contribution in [0.3, 0.4) is 0 Å². The normalized spacial score (nSPS) is 10.8. The summed E-state index contributed by atoms with van der Waals surface area (Å²) in [6, 6.07) is 17.9. The molecule has 0 saturated carbocycles. The van der Waals surface area contributed by atoms with Gasteiger partial charge in [-0.1, -0.05) is 79.4 Å². The summed E-state index contributed by atoms with van der Waals surface area (Å²) in [6.45, 7) is 19.1. The van der Waals surface area contributed by atoms with Crippen molar-refractivity contribution in [3.05, 3.63) is 118 Å². The molecule has 0 aliphatic rings. The first-order chi connectivity index (χ1) is 15.3. The van der Waals surface area contributed by atoms with Crippen molar-refractivity contribution >= 4 is 0 Å². The van der Waals surface area contributed by atoms with Gasteiger partial charge >= 0.3 is 0 Å². The topological polar surface area (TPSA) is 18.5 Å². The molecular formula is C30H34O2. The van der Waals surface area contributed by atoms with E-state index >= 15 is 0 Å². The van der Waals surface area contributed by atoms with Gasteiger partial charge in [0.25, 0.3) is 0 Å². The molecule has 3 aromatic carbocycles. The van der Waals surface area contributed by atoms with Crippen molar-refractivity contribution in [2.24, 2.45) is 0 Å². The van der Waals surface area contributed by atoms with Crippen LogP contribution in [0.5, 0.6) is 11.5 Å². The summed E-state index contributed by atoms with van der Waals surface area (Å²) in [5.74, 6) is 2.00. The molecule has 0 atom stereocenters. The Balaban J connectivity index is 2.15. The number of aryl methyl sites for hydroxylation is 5. The predicted octanol–water partition coefficient (Wildman–Crippen LogP) is 7.54. The van der Waals surface area contributed by atoms with Gasteiger partial charge in [-0.3, -0.25) is 0 Å². The molecule has 0 spiro atoms. The lowest BCUT2D eigenvalue weighted by atomic mass is 9.82. The number of hydrogen-bond donors (Lipinski definition) is 0. The molecule has 2 heteroatoms. The van der Waals surface area contributed by atoms with Crippen LogP contribution in [0.15, 0.2) is 73.8 Å². The highest BCUT2D eigenvalue weighted by molar-refractivity contribution is 5.53. The molecule has 0 N–H and O–H groups in total. The number of hydrogen-bond acceptors (Lipinski definition) is 2. The maximum absolute atomic E-state index is 5.93. The molecule has 0 bridgehead atoms. The lowest BCUT2D eigenvalue weighted by Crippen LogP contribution is -2.08. The van der Waals surface area contributed by atoms with Gasteiger partial charge in [-0.25, -0.2) is 0 Å². The van der Waals surface area contributed by atoms with E-state index in [4.69, 9.17) is 9.47 Å². The van der Waals surface area contributed by atoms with Crippen molar-refractivity contribution in [3.63, 3.8) is 0 Å². The van der Waals surface area contributed by atoms with Gasteiger partial charge in [-0.2, -0.15) is 0 Å². The molecule has 0 fully saturated rings. The zero-order valence-corrected chi connectivity index (χ0v) is 20.0. The molecule has 0 heterocycles. The highest BCUT2D eigenvalue weighted by atomic mass is 16.5. The molecule has 166 valence electrons. The van der Waals surface area contributed by atoms with Gasteiger partial charge in [0.2, 0.25) is 0 Å². The number of benzene rings is 3. The average molecular weight is 427 g/mol. The fourth-order valence-electron chi connectivity index (χ4n) is 4.38. The van der Waals surface area contributed by atoms with Crippen LogP contribution in [0.2, 0.25) is 0 Å². The lowest BCUT2D eigenvalue weighted by molar-refractivity contribution is 0.358. The summed E-state index contributed by atoms with van der Waals surface area (Å²) in [5.41, 5.74) is 9.59. The summed E-state index contributed by atoms with van der Waals surface area (Å²) in [4.78, 5) is 0. The Morgan fingerprint density at radius 1 is 0.625 bits per heavy atom. The fourth-order valence-corrected chi connectivity index (χ4v) is 4.38. The molecule has 0 unspecified atom stereocenters. The second-order valence-electron chi connectivity index (χ2n) is 8.51. The van der Waals surface area contributed by atoms with E-state index in [2.05, 4.69) is 96.3 Å². The van der Waals surface area contributed by atoms with E-state index in [-0.39, 0.29) is 5.92 Å². The van der Waals surface area contributed by atoms with Crippen molar-refractivity contribution in [2.75, 3.05) is 13.2 Å². The second kappa shape index (κ2) is 10.4. The van der Waals surface area contributed by atoms with Crippen LogP contribution in [0, 0.1) is 34.6 Å². The monoisotopic (exact) mass is 426 g/mol. The Morgan fingerprint density at radius 2 is 1.00 bits per heavy atom. The number of ether oxygens (including phenoxy) is 2. The summed E-state index contributed by atoms with van der Waals surface area (Å²) < 4.78 is 11.9. The molecule has 32 heavy (non-hydrogen) atoms. The zero-order valence-electron chi connectivity index (χ0n) is 20.0. The third-order valence-electron chi connectivity index (χ3n) is 5.73. The van der Waals surface area contributed by atoms with Gasteiger partial charge in [0.1, 0.15) is 24.7 Å². The first-order valence-electron chi connectivity index (χ1n) is 11.1. The van der Waals surface area contributed by atoms with E-state index in [1.807, 2.05) is 0 Å². The smallest absolute Gasteiger partial charge is 0.125 e. The molecule has 0 aliphatic carbocycles. The van der Waals surface area contributed by atoms with E-state index in [1.54, 1.807) is 12.2 Å². The summed E-state index contributed by atoms with van der Waals surface area (Å²) >= 11 is 0. The van der Waals surface area contributed by atoms with Crippen LogP contribution in [0.1, 0.15) is 50.4 Å². The van der Waals surface area contributed by atoms with Crippen LogP contribution in [0.25, 0.3) is 0 Å². The minimum absolute atomic E-state index is 0.118. The van der Waals surface area contributed by atoms with E-state index in [9.17, 15) is 0 Å². The zero-order chi connectivity index (χ0) is 23.3. The van der Waals surface area contributed by atoms with Crippen LogP contribution in [-0.2, 0) is 0 Å². The van der Waals surface area contributed by atoms with Crippen molar-refractivity contribution in [3.8, 4) is 11.5 Å². The Labute approximate surface area is 193 Å². The minimum Gasteiger partial charge on any atom is -0.489 e. The molecule has 0 amide bonds. The molecule has 0 aliphatic heterocycles. The third-order valence-corrected chi connectivity index (χ3v) is 5.73. The van der Waals surface area contributed by atoms with Gasteiger partial charge in [0, 0.05) is 5.92 Å². The first kappa shape index (κ1) is 23.4. The second-order valence-corrected chi connectivity index (χ2v) is 8.51. The van der Waals surface area contributed by atoms with E-state index in [0.717, 1.165) is 33.8 Å². The van der Waals surface area contributed by atoms with Crippen LogP contribution >= 0.6 is 0 Å². The Bertz CT molecular complexity index is 993. The van der Waals surface area contributed by atoms with E-state index in [1.165, 1.54) is 22.3 Å². The maximum atomic E-state index is 5.93. The first-order valence-corrected chi connectivity index (χ1v) is 11.1. The molecule has 0 aromatic heterocycles. The largest absolute Gasteiger partial charge is 0.489 e. The molecule has 0 radical (unpaired) electrons. The fraction of sp³-hybridized carbons (Fsp3) is 0.267. The van der Waals surface area contributed by atoms with Gasteiger partial charge in [0.05, 0.1) is 0 Å². The third kappa shape index (κ3) is 5.13. The molecule has 2 nitrogen and oxygen atoms in total. The van der Waals surface area contributed by atoms with Crippen molar-refractivity contribution in [2.45, 2.75) is 40.5 Å². The highest BCUT2D eigenvalue weighted by Crippen LogP contribution is 2.38. The summed E-state index contributed by atoms with van der Waals surface area (Å²) in [5, 5.41) is 0. The summed E-state index contributed by atoms with van der Waals surface area (Å²) in [6.07, 6.45) is 3.56. The molecular weight excluding hydrogens is 392 g/mol. The quantitative estimate of drug-likeness (QED) is 0.260. The average Bonchev–Trinajstić information content (AvgIpc) is 2.74. The van der Waals surface area contributed by atoms with Crippen LogP contribution in [0.4, 0.5) is 0 Å².